The number of aliphatic carboxylic acids is 1. The van der Waals surface area contributed by atoms with Crippen LogP contribution in [0, 0.1) is 0 Å². The van der Waals surface area contributed by atoms with Crippen LogP contribution < -0.4 is 4.90 Å². The molecule has 6 nitrogen and oxygen atoms in total. The molecule has 1 N–H and O–H groups in total. The lowest BCUT2D eigenvalue weighted by Crippen LogP contribution is -2.48. The van der Waals surface area contributed by atoms with E-state index in [1.165, 1.54) is 0 Å². The molecule has 3 rings (SSSR count). The fraction of sp³-hybridized carbons (Fsp3) is 0.429. The molecule has 1 aromatic heterocycles. The number of fused-ring (bicyclic) bond motifs is 1. The predicted octanol–water partition coefficient (Wildman–Crippen LogP) is 0.780. The maximum Gasteiger partial charge on any atom is 0.317 e. The third-order valence-corrected chi connectivity index (χ3v) is 3.78. The highest BCUT2D eigenvalue weighted by molar-refractivity contribution is 5.78. The molecule has 20 heavy (non-hydrogen) atoms. The van der Waals surface area contributed by atoms with Crippen molar-refractivity contribution in [1.82, 2.24) is 14.5 Å². The normalized spacial score (nSPS) is 16.8. The van der Waals surface area contributed by atoms with Gasteiger partial charge in [0, 0.05) is 33.2 Å². The van der Waals surface area contributed by atoms with Crippen LogP contribution in [0.5, 0.6) is 0 Å². The predicted molar refractivity (Wildman–Crippen MR) is 77.0 cm³/mol. The Balaban J connectivity index is 1.76. The van der Waals surface area contributed by atoms with Gasteiger partial charge >= 0.3 is 5.97 Å². The van der Waals surface area contributed by atoms with Crippen LogP contribution in [0.25, 0.3) is 11.0 Å². The average molecular weight is 274 g/mol. The number of carbonyl (C=O) groups is 1. The number of aryl methyl sites for hydroxylation is 1. The van der Waals surface area contributed by atoms with Crippen LogP contribution in [0.1, 0.15) is 0 Å². The largest absolute Gasteiger partial charge is 0.480 e. The summed E-state index contributed by atoms with van der Waals surface area (Å²) in [6, 6.07) is 8.08. The number of nitrogens with zero attached hydrogens (tertiary/aromatic N) is 4. The first-order valence-corrected chi connectivity index (χ1v) is 6.76. The Hall–Kier alpha value is -2.08. The number of benzene rings is 1. The van der Waals surface area contributed by atoms with E-state index >= 15 is 0 Å². The Bertz CT molecular complexity index is 629. The quantitative estimate of drug-likeness (QED) is 0.896. The van der Waals surface area contributed by atoms with Crippen molar-refractivity contribution in [1.29, 1.82) is 0 Å². The van der Waals surface area contributed by atoms with Gasteiger partial charge in [-0.15, -0.1) is 0 Å². The highest BCUT2D eigenvalue weighted by Gasteiger charge is 2.22. The second kappa shape index (κ2) is 5.13. The minimum atomic E-state index is -0.763. The van der Waals surface area contributed by atoms with Crippen LogP contribution in [0.15, 0.2) is 24.3 Å². The Labute approximate surface area is 117 Å². The van der Waals surface area contributed by atoms with Gasteiger partial charge < -0.3 is 14.6 Å². The molecule has 1 fully saturated rings. The van der Waals surface area contributed by atoms with E-state index in [4.69, 9.17) is 5.11 Å². The first kappa shape index (κ1) is 12.9. The number of hydrogen-bond donors (Lipinski definition) is 1. The summed E-state index contributed by atoms with van der Waals surface area (Å²) in [6.45, 7) is 3.26. The molecule has 0 saturated carbocycles. The molecule has 0 spiro atoms. The number of hydrogen-bond acceptors (Lipinski definition) is 4. The Morgan fingerprint density at radius 1 is 1.25 bits per heavy atom. The molecule has 1 aliphatic heterocycles. The van der Waals surface area contributed by atoms with Crippen molar-refractivity contribution in [2.24, 2.45) is 7.05 Å². The van der Waals surface area contributed by atoms with Gasteiger partial charge in [-0.05, 0) is 12.1 Å². The number of carboxylic acids is 1. The Kier molecular flexibility index (Phi) is 3.31. The van der Waals surface area contributed by atoms with Crippen molar-refractivity contribution >= 4 is 23.0 Å². The summed E-state index contributed by atoms with van der Waals surface area (Å²) in [5.74, 6) is 0.197. The first-order valence-electron chi connectivity index (χ1n) is 6.76. The molecule has 106 valence electrons. The van der Waals surface area contributed by atoms with Crippen LogP contribution in [-0.2, 0) is 11.8 Å². The third-order valence-electron chi connectivity index (χ3n) is 3.78. The van der Waals surface area contributed by atoms with Gasteiger partial charge in [-0.1, -0.05) is 12.1 Å². The van der Waals surface area contributed by atoms with E-state index in [0.717, 1.165) is 43.2 Å². The van der Waals surface area contributed by atoms with Crippen LogP contribution >= 0.6 is 0 Å². The smallest absolute Gasteiger partial charge is 0.317 e. The summed E-state index contributed by atoms with van der Waals surface area (Å²) in [6.07, 6.45) is 0. The molecule has 1 saturated heterocycles. The van der Waals surface area contributed by atoms with Gasteiger partial charge in [-0.3, -0.25) is 9.69 Å². The van der Waals surface area contributed by atoms with Crippen LogP contribution in [0.3, 0.4) is 0 Å². The lowest BCUT2D eigenvalue weighted by Gasteiger charge is -2.34. The lowest BCUT2D eigenvalue weighted by atomic mass is 10.3. The SMILES string of the molecule is Cn1c(N2CCN(CC(=O)O)CC2)nc2ccccc21. The molecule has 2 aromatic rings. The molecule has 1 aliphatic rings. The molecule has 1 aromatic carbocycles. The number of carboxylic acid groups (broad SMARTS) is 1. The van der Waals surface area contributed by atoms with Crippen LogP contribution in [-0.4, -0.2) is 58.3 Å². The van der Waals surface area contributed by atoms with Crippen LogP contribution in [0.2, 0.25) is 0 Å². The van der Waals surface area contributed by atoms with Gasteiger partial charge in [0.15, 0.2) is 0 Å². The van der Waals surface area contributed by atoms with Gasteiger partial charge in [0.05, 0.1) is 17.6 Å². The zero-order valence-corrected chi connectivity index (χ0v) is 11.5. The van der Waals surface area contributed by atoms with E-state index in [9.17, 15) is 4.79 Å². The summed E-state index contributed by atoms with van der Waals surface area (Å²) in [7, 11) is 2.02. The Morgan fingerprint density at radius 3 is 2.60 bits per heavy atom. The Morgan fingerprint density at radius 2 is 1.95 bits per heavy atom. The molecule has 0 radical (unpaired) electrons. The standard InChI is InChI=1S/C14H18N4O2/c1-16-12-5-3-2-4-11(12)15-14(16)18-8-6-17(7-9-18)10-13(19)20/h2-5H,6-10H2,1H3,(H,19,20). The second-order valence-corrected chi connectivity index (χ2v) is 5.12. The van der Waals surface area contributed by atoms with Crippen molar-refractivity contribution in [2.45, 2.75) is 0 Å². The molecule has 2 heterocycles. The minimum Gasteiger partial charge on any atom is -0.480 e. The molecule has 0 amide bonds. The van der Waals surface area contributed by atoms with E-state index in [1.54, 1.807) is 0 Å². The first-order chi connectivity index (χ1) is 9.65. The molecule has 6 heteroatoms. The van der Waals surface area contributed by atoms with Crippen molar-refractivity contribution < 1.29 is 9.90 Å². The van der Waals surface area contributed by atoms with E-state index in [-0.39, 0.29) is 6.54 Å². The summed E-state index contributed by atoms with van der Waals surface area (Å²) in [5, 5.41) is 8.82. The molecule has 0 aliphatic carbocycles. The van der Waals surface area contributed by atoms with Crippen molar-refractivity contribution in [3.8, 4) is 0 Å². The van der Waals surface area contributed by atoms with E-state index in [0.29, 0.717) is 0 Å². The van der Waals surface area contributed by atoms with Crippen molar-refractivity contribution in [3.63, 3.8) is 0 Å². The highest BCUT2D eigenvalue weighted by Crippen LogP contribution is 2.21. The molecular formula is C14H18N4O2. The zero-order chi connectivity index (χ0) is 14.1. The van der Waals surface area contributed by atoms with E-state index < -0.39 is 5.97 Å². The fourth-order valence-electron chi connectivity index (χ4n) is 2.71. The number of aromatic nitrogens is 2. The van der Waals surface area contributed by atoms with Crippen molar-refractivity contribution in [2.75, 3.05) is 37.6 Å². The molecule has 0 bridgehead atoms. The molecule has 0 atom stereocenters. The van der Waals surface area contributed by atoms with Gasteiger partial charge in [0.25, 0.3) is 0 Å². The molecular weight excluding hydrogens is 256 g/mol. The van der Waals surface area contributed by atoms with Crippen LogP contribution in [0.4, 0.5) is 5.95 Å². The second-order valence-electron chi connectivity index (χ2n) is 5.12. The van der Waals surface area contributed by atoms with Gasteiger partial charge in [0.2, 0.25) is 5.95 Å². The summed E-state index contributed by atoms with van der Waals surface area (Å²) in [5.41, 5.74) is 2.12. The average Bonchev–Trinajstić information content (AvgIpc) is 2.77. The number of imidazole rings is 1. The zero-order valence-electron chi connectivity index (χ0n) is 11.5. The van der Waals surface area contributed by atoms with Gasteiger partial charge in [-0.2, -0.15) is 0 Å². The maximum atomic E-state index is 10.7. The molecule has 0 unspecified atom stereocenters. The number of piperazine rings is 1. The van der Waals surface area contributed by atoms with Gasteiger partial charge in [-0.25, -0.2) is 4.98 Å². The summed E-state index contributed by atoms with van der Waals surface area (Å²) < 4.78 is 2.10. The number of rotatable bonds is 3. The highest BCUT2D eigenvalue weighted by atomic mass is 16.4. The van der Waals surface area contributed by atoms with E-state index in [1.807, 2.05) is 30.1 Å². The summed E-state index contributed by atoms with van der Waals surface area (Å²) >= 11 is 0. The fourth-order valence-corrected chi connectivity index (χ4v) is 2.71. The lowest BCUT2D eigenvalue weighted by molar-refractivity contribution is -0.138. The number of anilines is 1. The third kappa shape index (κ3) is 2.34. The number of para-hydroxylation sites is 2. The topological polar surface area (TPSA) is 61.6 Å². The van der Waals surface area contributed by atoms with Gasteiger partial charge in [0.1, 0.15) is 0 Å². The van der Waals surface area contributed by atoms with Crippen molar-refractivity contribution in [3.05, 3.63) is 24.3 Å². The monoisotopic (exact) mass is 274 g/mol. The van der Waals surface area contributed by atoms with E-state index in [2.05, 4.69) is 20.5 Å². The minimum absolute atomic E-state index is 0.121. The summed E-state index contributed by atoms with van der Waals surface area (Å²) in [4.78, 5) is 19.6. The maximum absolute atomic E-state index is 10.7.